The third kappa shape index (κ3) is 3.15. The average Bonchev–Trinajstić information content (AvgIpc) is 3.08. The number of halogens is 3. The number of alkyl halides is 3. The van der Waals surface area contributed by atoms with Gasteiger partial charge in [-0.3, -0.25) is 9.36 Å². The molecular formula is C16H11F3N2O4S. The number of rotatable bonds is 2. The summed E-state index contributed by atoms with van der Waals surface area (Å²) >= 11 is 1.18. The largest absolute Gasteiger partial charge is 0.444 e. The van der Waals surface area contributed by atoms with Crippen molar-refractivity contribution in [1.82, 2.24) is 9.13 Å². The van der Waals surface area contributed by atoms with Crippen LogP contribution in [-0.2, 0) is 24.6 Å². The van der Waals surface area contributed by atoms with E-state index >= 15 is 0 Å². The van der Waals surface area contributed by atoms with Crippen LogP contribution in [-0.4, -0.2) is 15.2 Å². The van der Waals surface area contributed by atoms with E-state index in [1.807, 2.05) is 0 Å². The van der Waals surface area contributed by atoms with Crippen LogP contribution in [0.2, 0.25) is 0 Å². The quantitative estimate of drug-likeness (QED) is 0.681. The molecule has 0 saturated carbocycles. The molecule has 0 amide bonds. The fourth-order valence-corrected chi connectivity index (χ4v) is 3.18. The Morgan fingerprint density at radius 2 is 1.81 bits per heavy atom. The summed E-state index contributed by atoms with van der Waals surface area (Å²) in [7, 11) is 1.42. The maximum atomic E-state index is 12.5. The highest BCUT2D eigenvalue weighted by Gasteiger charge is 2.30. The number of nitrogens with zero attached hydrogens (tertiary/aromatic N) is 2. The van der Waals surface area contributed by atoms with E-state index < -0.39 is 29.1 Å². The summed E-state index contributed by atoms with van der Waals surface area (Å²) in [5.74, 6) is 0. The lowest BCUT2D eigenvalue weighted by molar-refractivity contribution is -0.137. The molecule has 3 rings (SSSR count). The summed E-state index contributed by atoms with van der Waals surface area (Å²) in [6.07, 6.45) is -5.66. The Balaban J connectivity index is 1.84. The van der Waals surface area contributed by atoms with Crippen LogP contribution < -0.4 is 11.2 Å². The molecule has 2 aromatic heterocycles. The molecule has 1 aromatic carbocycles. The second-order valence-corrected chi connectivity index (χ2v) is 6.27. The topological polar surface area (TPSA) is 70.3 Å². The summed E-state index contributed by atoms with van der Waals surface area (Å²) in [5, 5.41) is 1.81. The van der Waals surface area contributed by atoms with E-state index in [1.54, 1.807) is 5.38 Å². The summed E-state index contributed by atoms with van der Waals surface area (Å²) < 4.78 is 44.0. The molecule has 6 nitrogen and oxygen atoms in total. The van der Waals surface area contributed by atoms with Gasteiger partial charge in [0.05, 0.1) is 10.9 Å². The van der Waals surface area contributed by atoms with Crippen molar-refractivity contribution < 1.29 is 22.7 Å². The van der Waals surface area contributed by atoms with E-state index in [1.165, 1.54) is 24.5 Å². The van der Waals surface area contributed by atoms with Gasteiger partial charge >= 0.3 is 18.0 Å². The lowest BCUT2D eigenvalue weighted by Crippen LogP contribution is -2.43. The van der Waals surface area contributed by atoms with E-state index in [0.29, 0.717) is 9.40 Å². The lowest BCUT2D eigenvalue weighted by atomic mass is 10.1. The molecule has 0 aliphatic carbocycles. The predicted octanol–water partition coefficient (Wildman–Crippen LogP) is 2.97. The van der Waals surface area contributed by atoms with Crippen LogP contribution in [0.3, 0.4) is 0 Å². The molecule has 0 saturated heterocycles. The first kappa shape index (κ1) is 17.9. The Kier molecular flexibility index (Phi) is 4.45. The summed E-state index contributed by atoms with van der Waals surface area (Å²) in [6, 6.07) is 5.50. The average molecular weight is 384 g/mol. The van der Waals surface area contributed by atoms with Gasteiger partial charge in [-0.1, -0.05) is 12.1 Å². The molecule has 0 aliphatic heterocycles. The van der Waals surface area contributed by atoms with Gasteiger partial charge in [0.2, 0.25) is 0 Å². The molecular weight excluding hydrogens is 373 g/mol. The first-order chi connectivity index (χ1) is 12.2. The Hall–Kier alpha value is -2.88. The van der Waals surface area contributed by atoms with Gasteiger partial charge in [-0.15, -0.1) is 11.3 Å². The molecule has 136 valence electrons. The highest BCUT2D eigenvalue weighted by molar-refractivity contribution is 7.16. The monoisotopic (exact) mass is 384 g/mol. The Labute approximate surface area is 147 Å². The standard InChI is InChI=1S/C16H11F3N2O4S/c1-20-13-11(6-7-26-13)12(22)21(14(20)23)15(24)25-8-9-2-4-10(5-3-9)16(17,18)19/h2-7H,8H2,1H3. The second-order valence-electron chi connectivity index (χ2n) is 5.37. The van der Waals surface area contributed by atoms with Gasteiger partial charge in [-0.05, 0) is 29.1 Å². The van der Waals surface area contributed by atoms with Crippen LogP contribution in [0, 0.1) is 0 Å². The van der Waals surface area contributed by atoms with Crippen molar-refractivity contribution in [3.05, 3.63) is 67.7 Å². The van der Waals surface area contributed by atoms with Crippen molar-refractivity contribution in [2.24, 2.45) is 7.05 Å². The molecule has 0 radical (unpaired) electrons. The maximum absolute atomic E-state index is 12.5. The number of carbonyl (C=O) groups is 1. The number of ether oxygens (including phenoxy) is 1. The van der Waals surface area contributed by atoms with Gasteiger partial charge in [0, 0.05) is 7.05 Å². The molecule has 0 fully saturated rings. The fraction of sp³-hybridized carbons (Fsp3) is 0.188. The van der Waals surface area contributed by atoms with Gasteiger partial charge in [0.25, 0.3) is 5.56 Å². The SMILES string of the molecule is Cn1c(=O)n(C(=O)OCc2ccc(C(F)(F)F)cc2)c(=O)c2ccsc21. The third-order valence-electron chi connectivity index (χ3n) is 3.69. The fourth-order valence-electron chi connectivity index (χ4n) is 2.33. The minimum absolute atomic E-state index is 0.198. The molecule has 3 aromatic rings. The molecule has 0 spiro atoms. The van der Waals surface area contributed by atoms with Gasteiger partial charge in [0.1, 0.15) is 11.4 Å². The van der Waals surface area contributed by atoms with Gasteiger partial charge < -0.3 is 4.74 Å². The van der Waals surface area contributed by atoms with Crippen molar-refractivity contribution in [3.8, 4) is 0 Å². The molecule has 26 heavy (non-hydrogen) atoms. The number of hydrogen-bond acceptors (Lipinski definition) is 5. The van der Waals surface area contributed by atoms with E-state index in [2.05, 4.69) is 0 Å². The number of carbonyl (C=O) groups excluding carboxylic acids is 1. The van der Waals surface area contributed by atoms with E-state index in [9.17, 15) is 27.6 Å². The van der Waals surface area contributed by atoms with Crippen LogP contribution in [0.5, 0.6) is 0 Å². The summed E-state index contributed by atoms with van der Waals surface area (Å²) in [4.78, 5) is 37.1. The predicted molar refractivity (Wildman–Crippen MR) is 88.4 cm³/mol. The van der Waals surface area contributed by atoms with Crippen LogP contribution in [0.25, 0.3) is 10.2 Å². The number of benzene rings is 1. The van der Waals surface area contributed by atoms with E-state index in [0.717, 1.165) is 28.8 Å². The van der Waals surface area contributed by atoms with E-state index in [-0.39, 0.29) is 17.6 Å². The Morgan fingerprint density at radius 1 is 1.15 bits per heavy atom. The van der Waals surface area contributed by atoms with Crippen molar-refractivity contribution in [1.29, 1.82) is 0 Å². The Bertz CT molecular complexity index is 1090. The van der Waals surface area contributed by atoms with Crippen LogP contribution >= 0.6 is 11.3 Å². The zero-order valence-electron chi connectivity index (χ0n) is 13.2. The lowest BCUT2D eigenvalue weighted by Gasteiger charge is -2.10. The summed E-state index contributed by atoms with van der Waals surface area (Å²) in [6.45, 7) is -0.381. The molecule has 0 unspecified atom stereocenters. The van der Waals surface area contributed by atoms with Crippen molar-refractivity contribution >= 4 is 27.6 Å². The zero-order valence-corrected chi connectivity index (χ0v) is 14.1. The third-order valence-corrected chi connectivity index (χ3v) is 4.68. The summed E-state index contributed by atoms with van der Waals surface area (Å²) in [5.41, 5.74) is -2.21. The van der Waals surface area contributed by atoms with E-state index in [4.69, 9.17) is 4.74 Å². The van der Waals surface area contributed by atoms with Crippen molar-refractivity contribution in [2.45, 2.75) is 12.8 Å². The smallest absolute Gasteiger partial charge is 0.425 e. The van der Waals surface area contributed by atoms with Crippen molar-refractivity contribution in [3.63, 3.8) is 0 Å². The Morgan fingerprint density at radius 3 is 2.42 bits per heavy atom. The van der Waals surface area contributed by atoms with Gasteiger partial charge in [-0.25, -0.2) is 9.59 Å². The van der Waals surface area contributed by atoms with Crippen LogP contribution in [0.1, 0.15) is 11.1 Å². The number of thiophene rings is 1. The minimum atomic E-state index is -4.47. The highest BCUT2D eigenvalue weighted by atomic mass is 32.1. The van der Waals surface area contributed by atoms with Gasteiger partial charge in [-0.2, -0.15) is 17.7 Å². The number of aromatic nitrogens is 2. The second kappa shape index (κ2) is 6.45. The molecule has 0 N–H and O–H groups in total. The molecule has 0 aliphatic rings. The van der Waals surface area contributed by atoms with Crippen LogP contribution in [0.15, 0.2) is 45.3 Å². The maximum Gasteiger partial charge on any atom is 0.425 e. The number of aryl methyl sites for hydroxylation is 1. The minimum Gasteiger partial charge on any atom is -0.444 e. The first-order valence-electron chi connectivity index (χ1n) is 7.22. The van der Waals surface area contributed by atoms with Crippen LogP contribution in [0.4, 0.5) is 18.0 Å². The normalized spacial score (nSPS) is 11.7. The highest BCUT2D eigenvalue weighted by Crippen LogP contribution is 2.29. The molecule has 2 heterocycles. The molecule has 10 heteroatoms. The van der Waals surface area contributed by atoms with Crippen molar-refractivity contribution in [2.75, 3.05) is 0 Å². The van der Waals surface area contributed by atoms with Gasteiger partial charge in [0.15, 0.2) is 0 Å². The molecule has 0 bridgehead atoms. The first-order valence-corrected chi connectivity index (χ1v) is 8.10. The molecule has 0 atom stereocenters. The zero-order chi connectivity index (χ0) is 19.1. The number of fused-ring (bicyclic) bond motifs is 1. The number of hydrogen-bond donors (Lipinski definition) is 0.